The Balaban J connectivity index is 1.86. The Labute approximate surface area is 130 Å². The van der Waals surface area contributed by atoms with Crippen molar-refractivity contribution >= 4 is 0 Å². The van der Waals surface area contributed by atoms with Crippen molar-refractivity contribution < 1.29 is 0 Å². The smallest absolute Gasteiger partial charge is 0.108 e. The second-order valence-corrected chi connectivity index (χ2v) is 7.08. The van der Waals surface area contributed by atoms with Crippen LogP contribution in [0.2, 0.25) is 0 Å². The molecule has 1 unspecified atom stereocenters. The summed E-state index contributed by atoms with van der Waals surface area (Å²) in [6.45, 7) is 8.07. The van der Waals surface area contributed by atoms with E-state index in [4.69, 9.17) is 0 Å². The fourth-order valence-corrected chi connectivity index (χ4v) is 3.90. The molecule has 1 aromatic heterocycles. The quantitative estimate of drug-likeness (QED) is 0.828. The van der Waals surface area contributed by atoms with E-state index in [1.807, 2.05) is 12.4 Å². The van der Waals surface area contributed by atoms with Gasteiger partial charge in [-0.15, -0.1) is 0 Å². The summed E-state index contributed by atoms with van der Waals surface area (Å²) in [5.74, 6) is 3.89. The second kappa shape index (κ2) is 7.98. The summed E-state index contributed by atoms with van der Waals surface area (Å²) in [6, 6.07) is 0.666. The summed E-state index contributed by atoms with van der Waals surface area (Å²) in [7, 11) is 2.10. The molecule has 2 rings (SSSR count). The molecule has 0 amide bonds. The Morgan fingerprint density at radius 2 is 1.90 bits per heavy atom. The monoisotopic (exact) mass is 291 g/mol. The minimum Gasteiger partial charge on any atom is -0.338 e. The second-order valence-electron chi connectivity index (χ2n) is 7.08. The number of nitrogens with zero attached hydrogens (tertiary/aromatic N) is 2. The lowest BCUT2D eigenvalue weighted by Crippen LogP contribution is -2.39. The standard InChI is InChI=1S/C18H33N3/c1-5-19-17(10-11-18-20-12-13-21(18)4)16-8-6-15(7-9-16)14(2)3/h12-17,19H,5-11H2,1-4H3. The van der Waals surface area contributed by atoms with Crippen LogP contribution in [0, 0.1) is 17.8 Å². The fourth-order valence-electron chi connectivity index (χ4n) is 3.90. The predicted molar refractivity (Wildman–Crippen MR) is 89.3 cm³/mol. The summed E-state index contributed by atoms with van der Waals surface area (Å²) in [6.07, 6.45) is 11.9. The molecular formula is C18H33N3. The normalized spacial score (nSPS) is 24.4. The van der Waals surface area contributed by atoms with Crippen molar-refractivity contribution in [3.8, 4) is 0 Å². The van der Waals surface area contributed by atoms with Crippen LogP contribution >= 0.6 is 0 Å². The van der Waals surface area contributed by atoms with Gasteiger partial charge in [0.2, 0.25) is 0 Å². The van der Waals surface area contributed by atoms with Crippen LogP contribution in [0.3, 0.4) is 0 Å². The maximum absolute atomic E-state index is 4.46. The third-order valence-corrected chi connectivity index (χ3v) is 5.39. The minimum absolute atomic E-state index is 0.666. The van der Waals surface area contributed by atoms with Crippen LogP contribution < -0.4 is 5.32 Å². The van der Waals surface area contributed by atoms with Crippen LogP contribution in [0.5, 0.6) is 0 Å². The van der Waals surface area contributed by atoms with Crippen molar-refractivity contribution in [2.24, 2.45) is 24.8 Å². The van der Waals surface area contributed by atoms with E-state index in [0.717, 1.165) is 30.7 Å². The zero-order valence-electron chi connectivity index (χ0n) is 14.3. The van der Waals surface area contributed by atoms with Gasteiger partial charge in [0, 0.05) is 31.9 Å². The van der Waals surface area contributed by atoms with Crippen LogP contribution in [0.4, 0.5) is 0 Å². The molecule has 0 bridgehead atoms. The van der Waals surface area contributed by atoms with Crippen LogP contribution in [0.15, 0.2) is 12.4 Å². The van der Waals surface area contributed by atoms with Crippen molar-refractivity contribution in [3.63, 3.8) is 0 Å². The lowest BCUT2D eigenvalue weighted by atomic mass is 9.74. The Bertz CT molecular complexity index is 402. The van der Waals surface area contributed by atoms with Crippen LogP contribution in [0.25, 0.3) is 0 Å². The molecule has 1 N–H and O–H groups in total. The van der Waals surface area contributed by atoms with E-state index < -0.39 is 0 Å². The molecule has 0 radical (unpaired) electrons. The van der Waals surface area contributed by atoms with Gasteiger partial charge in [0.15, 0.2) is 0 Å². The third kappa shape index (κ3) is 4.57. The van der Waals surface area contributed by atoms with Gasteiger partial charge < -0.3 is 9.88 Å². The van der Waals surface area contributed by atoms with Crippen LogP contribution in [0.1, 0.15) is 58.7 Å². The topological polar surface area (TPSA) is 29.9 Å². The lowest BCUT2D eigenvalue weighted by Gasteiger charge is -2.36. The van der Waals surface area contributed by atoms with Gasteiger partial charge in [-0.3, -0.25) is 0 Å². The highest BCUT2D eigenvalue weighted by atomic mass is 15.0. The Morgan fingerprint density at radius 1 is 1.24 bits per heavy atom. The first-order valence-electron chi connectivity index (χ1n) is 8.81. The largest absolute Gasteiger partial charge is 0.338 e. The highest BCUT2D eigenvalue weighted by Crippen LogP contribution is 2.35. The number of rotatable bonds is 7. The van der Waals surface area contributed by atoms with Gasteiger partial charge in [-0.2, -0.15) is 0 Å². The molecule has 0 spiro atoms. The number of nitrogens with one attached hydrogen (secondary N) is 1. The summed E-state index contributed by atoms with van der Waals surface area (Å²) in [5, 5.41) is 3.74. The van der Waals surface area contributed by atoms with Crippen molar-refractivity contribution in [1.29, 1.82) is 0 Å². The van der Waals surface area contributed by atoms with Crippen molar-refractivity contribution in [1.82, 2.24) is 14.9 Å². The molecule has 1 heterocycles. The molecule has 1 aromatic rings. The molecule has 3 nitrogen and oxygen atoms in total. The number of aromatic nitrogens is 2. The molecular weight excluding hydrogens is 258 g/mol. The molecule has 0 saturated heterocycles. The first-order valence-corrected chi connectivity index (χ1v) is 8.81. The highest BCUT2D eigenvalue weighted by molar-refractivity contribution is 4.93. The van der Waals surface area contributed by atoms with E-state index in [2.05, 4.69) is 42.7 Å². The number of hydrogen-bond acceptors (Lipinski definition) is 2. The van der Waals surface area contributed by atoms with Gasteiger partial charge in [0.05, 0.1) is 0 Å². The number of aryl methyl sites for hydroxylation is 2. The highest BCUT2D eigenvalue weighted by Gasteiger charge is 2.28. The summed E-state index contributed by atoms with van der Waals surface area (Å²) < 4.78 is 2.15. The third-order valence-electron chi connectivity index (χ3n) is 5.39. The fraction of sp³-hybridized carbons (Fsp3) is 0.833. The van der Waals surface area contributed by atoms with Gasteiger partial charge in [0.25, 0.3) is 0 Å². The average Bonchev–Trinajstić information content (AvgIpc) is 2.89. The van der Waals surface area contributed by atoms with Gasteiger partial charge in [-0.05, 0) is 56.4 Å². The molecule has 0 aliphatic heterocycles. The molecule has 0 aromatic carbocycles. The van der Waals surface area contributed by atoms with Gasteiger partial charge in [0.1, 0.15) is 5.82 Å². The van der Waals surface area contributed by atoms with E-state index in [1.54, 1.807) is 0 Å². The Hall–Kier alpha value is -0.830. The van der Waals surface area contributed by atoms with E-state index in [9.17, 15) is 0 Å². The van der Waals surface area contributed by atoms with E-state index in [0.29, 0.717) is 6.04 Å². The molecule has 1 aliphatic rings. The number of hydrogen-bond donors (Lipinski definition) is 1. The zero-order valence-corrected chi connectivity index (χ0v) is 14.3. The van der Waals surface area contributed by atoms with Gasteiger partial charge in [-0.1, -0.05) is 20.8 Å². The van der Waals surface area contributed by atoms with Crippen LogP contribution in [-0.4, -0.2) is 22.1 Å². The average molecular weight is 291 g/mol. The van der Waals surface area contributed by atoms with Crippen LogP contribution in [-0.2, 0) is 13.5 Å². The minimum atomic E-state index is 0.666. The first-order chi connectivity index (χ1) is 10.1. The van der Waals surface area contributed by atoms with Gasteiger partial charge in [-0.25, -0.2) is 4.98 Å². The molecule has 1 saturated carbocycles. The maximum atomic E-state index is 4.46. The van der Waals surface area contributed by atoms with E-state index in [-0.39, 0.29) is 0 Å². The van der Waals surface area contributed by atoms with Gasteiger partial charge >= 0.3 is 0 Å². The first kappa shape index (κ1) is 16.5. The molecule has 1 fully saturated rings. The van der Waals surface area contributed by atoms with Crippen molar-refractivity contribution in [2.45, 2.75) is 65.3 Å². The zero-order chi connectivity index (χ0) is 15.2. The molecule has 1 atom stereocenters. The summed E-state index contributed by atoms with van der Waals surface area (Å²) in [5.41, 5.74) is 0. The van der Waals surface area contributed by atoms with E-state index >= 15 is 0 Å². The maximum Gasteiger partial charge on any atom is 0.108 e. The van der Waals surface area contributed by atoms with Crippen molar-refractivity contribution in [3.05, 3.63) is 18.2 Å². The summed E-state index contributed by atoms with van der Waals surface area (Å²) in [4.78, 5) is 4.46. The Morgan fingerprint density at radius 3 is 2.43 bits per heavy atom. The molecule has 120 valence electrons. The molecule has 1 aliphatic carbocycles. The molecule has 3 heteroatoms. The predicted octanol–water partition coefficient (Wildman–Crippen LogP) is 3.79. The van der Waals surface area contributed by atoms with E-state index in [1.165, 1.54) is 37.9 Å². The lowest BCUT2D eigenvalue weighted by molar-refractivity contribution is 0.184. The molecule has 21 heavy (non-hydrogen) atoms. The number of imidazole rings is 1. The SMILES string of the molecule is CCNC(CCc1nccn1C)C1CCC(C(C)C)CC1. The summed E-state index contributed by atoms with van der Waals surface area (Å²) >= 11 is 0. The Kier molecular flexibility index (Phi) is 6.28. The van der Waals surface area contributed by atoms with Crippen molar-refractivity contribution in [2.75, 3.05) is 6.54 Å².